The number of anilines is 1. The van der Waals surface area contributed by atoms with E-state index in [1.54, 1.807) is 13.4 Å². The van der Waals surface area contributed by atoms with Crippen LogP contribution in [0.25, 0.3) is 11.0 Å². The minimum atomic E-state index is -0.0222. The fourth-order valence-electron chi connectivity index (χ4n) is 4.10. The lowest BCUT2D eigenvalue weighted by molar-refractivity contribution is -0.132. The van der Waals surface area contributed by atoms with Crippen molar-refractivity contribution in [2.24, 2.45) is 0 Å². The molecule has 1 fully saturated rings. The number of nitrogens with zero attached hydrogens (tertiary/aromatic N) is 2. The van der Waals surface area contributed by atoms with Crippen molar-refractivity contribution >= 4 is 28.5 Å². The van der Waals surface area contributed by atoms with E-state index in [4.69, 9.17) is 9.15 Å². The number of fused-ring (bicyclic) bond motifs is 1. The van der Waals surface area contributed by atoms with Gasteiger partial charge in [0.2, 0.25) is 11.8 Å². The van der Waals surface area contributed by atoms with E-state index in [2.05, 4.69) is 17.1 Å². The zero-order valence-electron chi connectivity index (χ0n) is 18.6. The zero-order valence-corrected chi connectivity index (χ0v) is 18.6. The van der Waals surface area contributed by atoms with Gasteiger partial charge in [-0.1, -0.05) is 25.1 Å². The van der Waals surface area contributed by atoms with Crippen molar-refractivity contribution in [1.82, 2.24) is 9.80 Å². The Hall–Kier alpha value is -3.32. The standard InChI is InChI=1S/C25H29N3O4/c1-3-18-6-4-5-7-22(18)26-24(29)16-27-10-12-28(13-11-27)25(30)14-19-17-32-23-15-20(31-2)8-9-21(19)23/h4-9,15,17H,3,10-14,16H2,1-2H3,(H,26,29). The van der Waals surface area contributed by atoms with Crippen LogP contribution in [0.5, 0.6) is 5.75 Å². The molecule has 4 rings (SSSR count). The Balaban J connectivity index is 1.28. The largest absolute Gasteiger partial charge is 0.497 e. The van der Waals surface area contributed by atoms with Gasteiger partial charge in [0.25, 0.3) is 0 Å². The first-order valence-electron chi connectivity index (χ1n) is 11.0. The second-order valence-corrected chi connectivity index (χ2v) is 8.02. The molecule has 0 radical (unpaired) electrons. The lowest BCUT2D eigenvalue weighted by atomic mass is 10.1. The van der Waals surface area contributed by atoms with E-state index in [1.165, 1.54) is 0 Å². The monoisotopic (exact) mass is 435 g/mol. The number of amides is 2. The summed E-state index contributed by atoms with van der Waals surface area (Å²) in [6, 6.07) is 13.5. The molecule has 2 amide bonds. The second-order valence-electron chi connectivity index (χ2n) is 8.02. The zero-order chi connectivity index (χ0) is 22.5. The maximum atomic E-state index is 12.8. The molecule has 32 heavy (non-hydrogen) atoms. The quantitative estimate of drug-likeness (QED) is 0.616. The first kappa shape index (κ1) is 21.9. The third-order valence-corrected chi connectivity index (χ3v) is 5.97. The highest BCUT2D eigenvalue weighted by Gasteiger charge is 2.23. The maximum Gasteiger partial charge on any atom is 0.238 e. The highest BCUT2D eigenvalue weighted by Crippen LogP contribution is 2.26. The molecule has 1 aliphatic heterocycles. The van der Waals surface area contributed by atoms with Crippen LogP contribution in [0.3, 0.4) is 0 Å². The molecule has 7 heteroatoms. The van der Waals surface area contributed by atoms with Gasteiger partial charge in [-0.25, -0.2) is 0 Å². The van der Waals surface area contributed by atoms with E-state index in [1.807, 2.05) is 47.4 Å². The minimum absolute atomic E-state index is 0.0222. The van der Waals surface area contributed by atoms with Gasteiger partial charge in [-0.3, -0.25) is 14.5 Å². The average molecular weight is 436 g/mol. The Kier molecular flexibility index (Phi) is 6.75. The first-order chi connectivity index (χ1) is 15.6. The van der Waals surface area contributed by atoms with Crippen LogP contribution in [0.15, 0.2) is 53.1 Å². The Bertz CT molecular complexity index is 1100. The molecule has 2 heterocycles. The number of carbonyl (C=O) groups is 2. The van der Waals surface area contributed by atoms with Crippen molar-refractivity contribution in [1.29, 1.82) is 0 Å². The topological polar surface area (TPSA) is 75.0 Å². The van der Waals surface area contributed by atoms with E-state index >= 15 is 0 Å². The molecule has 0 atom stereocenters. The number of hydrogen-bond donors (Lipinski definition) is 1. The summed E-state index contributed by atoms with van der Waals surface area (Å²) in [7, 11) is 1.61. The van der Waals surface area contributed by atoms with Crippen molar-refractivity contribution in [3.05, 3.63) is 59.9 Å². The van der Waals surface area contributed by atoms with Gasteiger partial charge < -0.3 is 19.4 Å². The normalized spacial score (nSPS) is 14.5. The van der Waals surface area contributed by atoms with Gasteiger partial charge in [-0.05, 0) is 30.2 Å². The fourth-order valence-corrected chi connectivity index (χ4v) is 4.10. The van der Waals surface area contributed by atoms with Crippen molar-refractivity contribution in [3.63, 3.8) is 0 Å². The molecule has 0 spiro atoms. The number of para-hydroxylation sites is 1. The Morgan fingerprint density at radius 2 is 1.84 bits per heavy atom. The summed E-state index contributed by atoms with van der Waals surface area (Å²) < 4.78 is 10.8. The van der Waals surface area contributed by atoms with Crippen LogP contribution in [-0.4, -0.2) is 61.4 Å². The van der Waals surface area contributed by atoms with E-state index in [0.717, 1.165) is 34.4 Å². The van der Waals surface area contributed by atoms with Crippen molar-refractivity contribution in [3.8, 4) is 5.75 Å². The molecule has 1 saturated heterocycles. The van der Waals surface area contributed by atoms with Crippen LogP contribution in [0.1, 0.15) is 18.1 Å². The van der Waals surface area contributed by atoms with Crippen LogP contribution in [-0.2, 0) is 22.4 Å². The molecule has 0 aliphatic carbocycles. The molecule has 0 bridgehead atoms. The smallest absolute Gasteiger partial charge is 0.238 e. The predicted octanol–water partition coefficient (Wildman–Crippen LogP) is 3.33. The summed E-state index contributed by atoms with van der Waals surface area (Å²) in [5.74, 6) is 0.776. The summed E-state index contributed by atoms with van der Waals surface area (Å²) in [4.78, 5) is 29.3. The average Bonchev–Trinajstić information content (AvgIpc) is 3.21. The fraction of sp³-hybridized carbons (Fsp3) is 0.360. The van der Waals surface area contributed by atoms with E-state index < -0.39 is 0 Å². The van der Waals surface area contributed by atoms with Crippen molar-refractivity contribution < 1.29 is 18.7 Å². The van der Waals surface area contributed by atoms with Gasteiger partial charge in [0.05, 0.1) is 26.3 Å². The number of hydrogen-bond acceptors (Lipinski definition) is 5. The summed E-state index contributed by atoms with van der Waals surface area (Å²) in [5.41, 5.74) is 3.59. The van der Waals surface area contributed by atoms with Crippen LogP contribution in [0.2, 0.25) is 0 Å². The van der Waals surface area contributed by atoms with Crippen LogP contribution >= 0.6 is 0 Å². The lowest BCUT2D eigenvalue weighted by Gasteiger charge is -2.34. The molecule has 0 saturated carbocycles. The second kappa shape index (κ2) is 9.87. The summed E-state index contributed by atoms with van der Waals surface area (Å²) in [6.45, 7) is 4.98. The van der Waals surface area contributed by atoms with Gasteiger partial charge in [0.1, 0.15) is 11.3 Å². The Morgan fingerprint density at radius 3 is 2.59 bits per heavy atom. The van der Waals surface area contributed by atoms with E-state index in [9.17, 15) is 9.59 Å². The Labute approximate surface area is 187 Å². The minimum Gasteiger partial charge on any atom is -0.497 e. The predicted molar refractivity (Wildman–Crippen MR) is 124 cm³/mol. The molecule has 1 aliphatic rings. The summed E-state index contributed by atoms with van der Waals surface area (Å²) in [6.07, 6.45) is 2.82. The van der Waals surface area contributed by atoms with Gasteiger partial charge in [0, 0.05) is 48.9 Å². The number of ether oxygens (including phenoxy) is 1. The molecule has 7 nitrogen and oxygen atoms in total. The van der Waals surface area contributed by atoms with Gasteiger partial charge in [-0.2, -0.15) is 0 Å². The molecule has 168 valence electrons. The van der Waals surface area contributed by atoms with E-state index in [0.29, 0.717) is 44.7 Å². The van der Waals surface area contributed by atoms with E-state index in [-0.39, 0.29) is 11.8 Å². The van der Waals surface area contributed by atoms with Crippen LogP contribution in [0, 0.1) is 0 Å². The number of rotatable bonds is 7. The number of methoxy groups -OCH3 is 1. The van der Waals surface area contributed by atoms with Crippen LogP contribution in [0.4, 0.5) is 5.69 Å². The van der Waals surface area contributed by atoms with Crippen molar-refractivity contribution in [2.45, 2.75) is 19.8 Å². The van der Waals surface area contributed by atoms with Gasteiger partial charge >= 0.3 is 0 Å². The number of aryl methyl sites for hydroxylation is 1. The highest BCUT2D eigenvalue weighted by molar-refractivity contribution is 5.93. The molecular formula is C25H29N3O4. The van der Waals surface area contributed by atoms with Crippen molar-refractivity contribution in [2.75, 3.05) is 45.2 Å². The number of furan rings is 1. The number of carbonyl (C=O) groups excluding carboxylic acids is 2. The molecule has 1 aromatic heterocycles. The third kappa shape index (κ3) is 4.94. The molecule has 0 unspecified atom stereocenters. The Morgan fingerprint density at radius 1 is 1.06 bits per heavy atom. The van der Waals surface area contributed by atoms with Crippen LogP contribution < -0.4 is 10.1 Å². The number of nitrogens with one attached hydrogen (secondary N) is 1. The lowest BCUT2D eigenvalue weighted by Crippen LogP contribution is -2.50. The number of piperazine rings is 1. The maximum absolute atomic E-state index is 12.8. The molecule has 1 N–H and O–H groups in total. The molecule has 3 aromatic rings. The third-order valence-electron chi connectivity index (χ3n) is 5.97. The number of benzene rings is 2. The SMILES string of the molecule is CCc1ccccc1NC(=O)CN1CCN(C(=O)Cc2coc3cc(OC)ccc23)CC1. The molecular weight excluding hydrogens is 406 g/mol. The van der Waals surface area contributed by atoms with Gasteiger partial charge in [0.15, 0.2) is 0 Å². The summed E-state index contributed by atoms with van der Waals surface area (Å²) >= 11 is 0. The molecule has 2 aromatic carbocycles. The highest BCUT2D eigenvalue weighted by atomic mass is 16.5. The van der Waals surface area contributed by atoms with Gasteiger partial charge in [-0.15, -0.1) is 0 Å². The first-order valence-corrected chi connectivity index (χ1v) is 11.0. The summed E-state index contributed by atoms with van der Waals surface area (Å²) in [5, 5.41) is 3.95.